The highest BCUT2D eigenvalue weighted by molar-refractivity contribution is 9.10. The average molecular weight is 256 g/mol. The largest absolute Gasteiger partial charge is 0.365 e. The van der Waals surface area contributed by atoms with E-state index in [4.69, 9.17) is 10.3 Å². The molecule has 4 nitrogen and oxygen atoms in total. The van der Waals surface area contributed by atoms with E-state index in [-0.39, 0.29) is 0 Å². The summed E-state index contributed by atoms with van der Waals surface area (Å²) < 4.78 is 6.12. The SMILES string of the molecule is NCCNc1noc2cc(Br)ccc12. The summed E-state index contributed by atoms with van der Waals surface area (Å²) >= 11 is 3.37. The third kappa shape index (κ3) is 1.73. The van der Waals surface area contributed by atoms with E-state index in [0.29, 0.717) is 13.1 Å². The first-order valence-corrected chi connectivity index (χ1v) is 5.09. The minimum absolute atomic E-state index is 0.574. The number of hydrogen-bond acceptors (Lipinski definition) is 4. The maximum absolute atomic E-state index is 5.38. The number of nitrogens with one attached hydrogen (secondary N) is 1. The minimum atomic E-state index is 0.574. The summed E-state index contributed by atoms with van der Waals surface area (Å²) in [6.45, 7) is 1.27. The van der Waals surface area contributed by atoms with Gasteiger partial charge in [-0.2, -0.15) is 0 Å². The molecule has 0 fully saturated rings. The lowest BCUT2D eigenvalue weighted by Crippen LogP contribution is -2.13. The smallest absolute Gasteiger partial charge is 0.177 e. The molecule has 1 aromatic heterocycles. The third-order valence-corrected chi connectivity index (χ3v) is 2.36. The van der Waals surface area contributed by atoms with Crippen LogP contribution in [0.4, 0.5) is 5.82 Å². The van der Waals surface area contributed by atoms with E-state index < -0.39 is 0 Å². The number of halogens is 1. The van der Waals surface area contributed by atoms with Gasteiger partial charge in [-0.25, -0.2) is 0 Å². The molecule has 0 bridgehead atoms. The number of fused-ring (bicyclic) bond motifs is 1. The summed E-state index contributed by atoms with van der Waals surface area (Å²) in [7, 11) is 0. The predicted molar refractivity (Wildman–Crippen MR) is 59.3 cm³/mol. The van der Waals surface area contributed by atoms with Gasteiger partial charge >= 0.3 is 0 Å². The number of nitrogens with zero attached hydrogens (tertiary/aromatic N) is 1. The van der Waals surface area contributed by atoms with E-state index in [9.17, 15) is 0 Å². The number of hydrogen-bond donors (Lipinski definition) is 2. The maximum atomic E-state index is 5.38. The number of anilines is 1. The quantitative estimate of drug-likeness (QED) is 0.881. The molecule has 0 atom stereocenters. The van der Waals surface area contributed by atoms with Gasteiger partial charge in [-0.1, -0.05) is 21.1 Å². The van der Waals surface area contributed by atoms with Gasteiger partial charge in [0.1, 0.15) is 0 Å². The Kier molecular flexibility index (Phi) is 2.69. The van der Waals surface area contributed by atoms with E-state index in [2.05, 4.69) is 26.4 Å². The van der Waals surface area contributed by atoms with Crippen LogP contribution in [0.1, 0.15) is 0 Å². The predicted octanol–water partition coefficient (Wildman–Crippen LogP) is 1.96. The Hall–Kier alpha value is -1.07. The van der Waals surface area contributed by atoms with Gasteiger partial charge in [0.15, 0.2) is 11.4 Å². The maximum Gasteiger partial charge on any atom is 0.177 e. The first kappa shape index (κ1) is 9.48. The highest BCUT2D eigenvalue weighted by atomic mass is 79.9. The molecule has 2 rings (SSSR count). The van der Waals surface area contributed by atoms with Crippen LogP contribution < -0.4 is 11.1 Å². The Morgan fingerprint density at radius 2 is 2.36 bits per heavy atom. The summed E-state index contributed by atoms with van der Waals surface area (Å²) in [6, 6.07) is 5.79. The minimum Gasteiger partial charge on any atom is -0.365 e. The van der Waals surface area contributed by atoms with Gasteiger partial charge in [-0.15, -0.1) is 0 Å². The molecule has 0 amide bonds. The Bertz CT molecular complexity index is 441. The van der Waals surface area contributed by atoms with Gasteiger partial charge in [0.05, 0.1) is 5.39 Å². The van der Waals surface area contributed by atoms with Crippen molar-refractivity contribution in [3.63, 3.8) is 0 Å². The van der Waals surface area contributed by atoms with Crippen LogP contribution in [0.5, 0.6) is 0 Å². The van der Waals surface area contributed by atoms with Crippen LogP contribution in [0.15, 0.2) is 27.2 Å². The van der Waals surface area contributed by atoms with Crippen molar-refractivity contribution in [2.75, 3.05) is 18.4 Å². The molecule has 74 valence electrons. The zero-order valence-corrected chi connectivity index (χ0v) is 9.04. The lowest BCUT2D eigenvalue weighted by Gasteiger charge is -1.98. The van der Waals surface area contributed by atoms with Crippen LogP contribution >= 0.6 is 15.9 Å². The zero-order valence-electron chi connectivity index (χ0n) is 7.46. The molecule has 0 unspecified atom stereocenters. The Morgan fingerprint density at radius 3 is 3.14 bits per heavy atom. The monoisotopic (exact) mass is 255 g/mol. The van der Waals surface area contributed by atoms with E-state index in [1.807, 2.05) is 18.2 Å². The standard InChI is InChI=1S/C9H10BrN3O/c10-6-1-2-7-8(5-6)14-13-9(7)12-4-3-11/h1-2,5H,3-4,11H2,(H,12,13). The summed E-state index contributed by atoms with van der Waals surface area (Å²) in [4.78, 5) is 0. The number of benzene rings is 1. The second-order valence-corrected chi connectivity index (χ2v) is 3.80. The molecule has 2 aromatic rings. The molecule has 0 saturated carbocycles. The Morgan fingerprint density at radius 1 is 1.50 bits per heavy atom. The summed E-state index contributed by atoms with van der Waals surface area (Å²) in [5, 5.41) is 7.98. The van der Waals surface area contributed by atoms with Gasteiger partial charge in [-0.3, -0.25) is 0 Å². The molecule has 14 heavy (non-hydrogen) atoms. The molecule has 0 spiro atoms. The van der Waals surface area contributed by atoms with Crippen molar-refractivity contribution < 1.29 is 4.52 Å². The van der Waals surface area contributed by atoms with E-state index in [1.54, 1.807) is 0 Å². The molecule has 5 heteroatoms. The van der Waals surface area contributed by atoms with Crippen molar-refractivity contribution in [3.8, 4) is 0 Å². The lowest BCUT2D eigenvalue weighted by molar-refractivity contribution is 0.459. The van der Waals surface area contributed by atoms with E-state index in [1.165, 1.54) is 0 Å². The fraction of sp³-hybridized carbons (Fsp3) is 0.222. The van der Waals surface area contributed by atoms with Crippen LogP contribution in [0.3, 0.4) is 0 Å². The molecule has 0 aliphatic carbocycles. The third-order valence-electron chi connectivity index (χ3n) is 1.87. The highest BCUT2D eigenvalue weighted by Gasteiger charge is 2.06. The summed E-state index contributed by atoms with van der Waals surface area (Å²) in [5.41, 5.74) is 6.15. The van der Waals surface area contributed by atoms with Crippen molar-refractivity contribution in [2.45, 2.75) is 0 Å². The van der Waals surface area contributed by atoms with Crippen LogP contribution in [0, 0.1) is 0 Å². The van der Waals surface area contributed by atoms with Crippen LogP contribution in [-0.4, -0.2) is 18.2 Å². The highest BCUT2D eigenvalue weighted by Crippen LogP contribution is 2.25. The van der Waals surface area contributed by atoms with Crippen LogP contribution in [0.2, 0.25) is 0 Å². The molecule has 1 heterocycles. The molecule has 3 N–H and O–H groups in total. The molecular weight excluding hydrogens is 246 g/mol. The molecular formula is C9H10BrN3O. The molecule has 0 saturated heterocycles. The van der Waals surface area contributed by atoms with E-state index in [0.717, 1.165) is 21.3 Å². The first-order valence-electron chi connectivity index (χ1n) is 4.30. The van der Waals surface area contributed by atoms with Crippen LogP contribution in [0.25, 0.3) is 11.0 Å². The molecule has 0 aliphatic rings. The van der Waals surface area contributed by atoms with Crippen molar-refractivity contribution in [1.82, 2.24) is 5.16 Å². The second-order valence-electron chi connectivity index (χ2n) is 2.89. The first-order chi connectivity index (χ1) is 6.81. The second kappa shape index (κ2) is 3.98. The topological polar surface area (TPSA) is 64.1 Å². The number of nitrogens with two attached hydrogens (primary N) is 1. The van der Waals surface area contributed by atoms with Gasteiger partial charge in [0.2, 0.25) is 0 Å². The van der Waals surface area contributed by atoms with Gasteiger partial charge in [0.25, 0.3) is 0 Å². The molecule has 0 aliphatic heterocycles. The van der Waals surface area contributed by atoms with Gasteiger partial charge in [-0.05, 0) is 18.2 Å². The summed E-state index contributed by atoms with van der Waals surface area (Å²) in [5.74, 6) is 0.748. The number of aromatic nitrogens is 1. The van der Waals surface area contributed by atoms with Crippen molar-refractivity contribution >= 4 is 32.7 Å². The molecule has 1 aromatic carbocycles. The van der Waals surface area contributed by atoms with Crippen LogP contribution in [-0.2, 0) is 0 Å². The number of rotatable bonds is 3. The molecule has 0 radical (unpaired) electrons. The Labute approximate surface area is 89.6 Å². The zero-order chi connectivity index (χ0) is 9.97. The summed E-state index contributed by atoms with van der Waals surface area (Å²) in [6.07, 6.45) is 0. The van der Waals surface area contributed by atoms with Crippen molar-refractivity contribution in [3.05, 3.63) is 22.7 Å². The fourth-order valence-corrected chi connectivity index (χ4v) is 1.57. The normalized spacial score (nSPS) is 10.7. The lowest BCUT2D eigenvalue weighted by atomic mass is 10.2. The van der Waals surface area contributed by atoms with Gasteiger partial charge in [0, 0.05) is 17.6 Å². The average Bonchev–Trinajstić information content (AvgIpc) is 2.57. The van der Waals surface area contributed by atoms with Crippen molar-refractivity contribution in [2.24, 2.45) is 5.73 Å². The van der Waals surface area contributed by atoms with E-state index >= 15 is 0 Å². The Balaban J connectivity index is 2.37. The van der Waals surface area contributed by atoms with Crippen molar-refractivity contribution in [1.29, 1.82) is 0 Å². The fourth-order valence-electron chi connectivity index (χ4n) is 1.23. The van der Waals surface area contributed by atoms with Gasteiger partial charge < -0.3 is 15.6 Å².